The van der Waals surface area contributed by atoms with Crippen molar-refractivity contribution in [2.24, 2.45) is 0 Å². The van der Waals surface area contributed by atoms with Crippen molar-refractivity contribution in [3.8, 4) is 0 Å². The highest BCUT2D eigenvalue weighted by molar-refractivity contribution is 7.47. The molecule has 0 spiro atoms. The highest BCUT2D eigenvalue weighted by Crippen LogP contribution is 2.45. The lowest BCUT2D eigenvalue weighted by Gasteiger charge is -2.21. The van der Waals surface area contributed by atoms with Gasteiger partial charge in [-0.25, -0.2) is 9.13 Å². The molecule has 5 unspecified atom stereocenters. The molecule has 4 N–H and O–H groups in total. The maximum atomic E-state index is 12.8. The number of carbonyl (C=O) groups is 3. The van der Waals surface area contributed by atoms with Gasteiger partial charge in [-0.15, -0.1) is 0 Å². The molecule has 5 atom stereocenters. The van der Waals surface area contributed by atoms with Crippen molar-refractivity contribution in [3.05, 3.63) is 122 Å². The minimum Gasteiger partial charge on any atom is -0.463 e. The summed E-state index contributed by atoms with van der Waals surface area (Å²) in [4.78, 5) is 58.0. The van der Waals surface area contributed by atoms with Crippen LogP contribution < -0.4 is 0 Å². The number of aliphatic hydroxyl groups is 2. The Balaban J connectivity index is 4.71. The van der Waals surface area contributed by atoms with Crippen molar-refractivity contribution in [2.75, 3.05) is 39.6 Å². The van der Waals surface area contributed by atoms with Gasteiger partial charge in [0.2, 0.25) is 0 Å². The van der Waals surface area contributed by atoms with Crippen molar-refractivity contribution in [1.29, 1.82) is 0 Å². The molecule has 0 aromatic rings. The second-order valence-corrected chi connectivity index (χ2v) is 22.3. The van der Waals surface area contributed by atoms with E-state index in [-0.39, 0.29) is 19.3 Å². The van der Waals surface area contributed by atoms with Crippen molar-refractivity contribution >= 4 is 33.6 Å². The third-order valence-electron chi connectivity index (χ3n) is 11.7. The predicted molar refractivity (Wildman–Crippen MR) is 325 cm³/mol. The van der Waals surface area contributed by atoms with Crippen LogP contribution in [0, 0.1) is 0 Å². The summed E-state index contributed by atoms with van der Waals surface area (Å²) < 4.78 is 60.5. The van der Waals surface area contributed by atoms with E-state index >= 15 is 0 Å². The molecule has 0 aromatic heterocycles. The largest absolute Gasteiger partial charge is 0.472 e. The van der Waals surface area contributed by atoms with Gasteiger partial charge in [0.25, 0.3) is 0 Å². The lowest BCUT2D eigenvalue weighted by atomic mass is 10.1. The molecule has 0 aliphatic heterocycles. The second kappa shape index (κ2) is 56.4. The van der Waals surface area contributed by atoms with Crippen molar-refractivity contribution in [2.45, 2.75) is 219 Å². The van der Waals surface area contributed by atoms with Gasteiger partial charge in [0, 0.05) is 19.3 Å². The van der Waals surface area contributed by atoms with Gasteiger partial charge in [-0.1, -0.05) is 194 Å². The molecule has 0 bridgehead atoms. The highest BCUT2D eigenvalue weighted by atomic mass is 31.2. The number of aliphatic hydroxyl groups excluding tert-OH is 2. The quantitative estimate of drug-likeness (QED) is 0.0146. The Hall–Kier alpha value is -4.05. The third kappa shape index (κ3) is 57.6. The standard InChI is InChI=1S/C63H104O16P2/c1-4-7-10-13-16-19-22-24-26-27-28-29-31-33-35-37-40-43-46-49-61(66)73-52-58(64)53-75-80(69,70)76-54-59(65)55-77-81(71,72)78-57-60(79-63(68)51-48-45-42-39-34-21-18-15-12-9-6-3)56-74-62(67)50-47-44-41-38-36-32-30-25-23-20-17-14-11-8-5-2/h7-8,10-11,15-20,24-26,28-30,33,35,40,43,58-60,64-65H,4-6,9,12-14,21-23,27,31-32,34,36-39,41-42,44-57H2,1-3H3,(H,69,70)(H,71,72)/b10-7-,11-8-,18-15-,19-16-,20-17-,26-24-,29-28-,30-25-,35-33-,43-40-. The zero-order valence-corrected chi connectivity index (χ0v) is 51.2. The summed E-state index contributed by atoms with van der Waals surface area (Å²) in [6.07, 6.45) is 61.5. The van der Waals surface area contributed by atoms with E-state index in [0.29, 0.717) is 25.7 Å². The molecule has 18 heteroatoms. The first kappa shape index (κ1) is 77.0. The third-order valence-corrected chi connectivity index (χ3v) is 13.6. The summed E-state index contributed by atoms with van der Waals surface area (Å²) in [7, 11) is -9.79. The summed E-state index contributed by atoms with van der Waals surface area (Å²) in [6.45, 7) is 2.23. The Kier molecular flexibility index (Phi) is 53.6. The number of allylic oxidation sites excluding steroid dienone is 20. The van der Waals surface area contributed by atoms with Crippen LogP contribution in [0.25, 0.3) is 0 Å². The lowest BCUT2D eigenvalue weighted by molar-refractivity contribution is -0.161. The Morgan fingerprint density at radius 2 is 0.679 bits per heavy atom. The van der Waals surface area contributed by atoms with Gasteiger partial charge >= 0.3 is 33.6 Å². The topological polar surface area (TPSA) is 231 Å². The van der Waals surface area contributed by atoms with Gasteiger partial charge in [0.05, 0.1) is 26.4 Å². The molecule has 0 amide bonds. The summed E-state index contributed by atoms with van der Waals surface area (Å²) >= 11 is 0. The Morgan fingerprint density at radius 3 is 1.12 bits per heavy atom. The van der Waals surface area contributed by atoms with Crippen LogP contribution in [0.4, 0.5) is 0 Å². The molecule has 0 aromatic carbocycles. The van der Waals surface area contributed by atoms with Crippen LogP contribution in [0.15, 0.2) is 122 Å². The zero-order chi connectivity index (χ0) is 59.6. The SMILES string of the molecule is CC/C=C\C/C=C\C/C=C\C/C=C\C/C=C\C/C=C\CCC(=O)OCC(O)COP(=O)(O)OCC(O)COP(=O)(O)OCC(COC(=O)CCCCCCC/C=C\C/C=C\C/C=C\CC)OC(=O)CCCCCCC/C=C\CCCC. The number of hydrogen-bond acceptors (Lipinski definition) is 14. The van der Waals surface area contributed by atoms with E-state index in [1.807, 2.05) is 18.2 Å². The molecule has 0 radical (unpaired) electrons. The number of ether oxygens (including phenoxy) is 3. The summed E-state index contributed by atoms with van der Waals surface area (Å²) in [5.41, 5.74) is 0. The normalized spacial score (nSPS) is 15.3. The van der Waals surface area contributed by atoms with Crippen LogP contribution in [-0.4, -0.2) is 95.9 Å². The van der Waals surface area contributed by atoms with Gasteiger partial charge in [0.15, 0.2) is 6.10 Å². The molecule has 0 fully saturated rings. The average Bonchev–Trinajstić information content (AvgIpc) is 3.44. The van der Waals surface area contributed by atoms with Gasteiger partial charge in [-0.3, -0.25) is 32.5 Å². The van der Waals surface area contributed by atoms with E-state index in [4.69, 9.17) is 32.3 Å². The molecule has 0 saturated heterocycles. The predicted octanol–water partition coefficient (Wildman–Crippen LogP) is 15.5. The smallest absolute Gasteiger partial charge is 0.463 e. The monoisotopic (exact) mass is 1180 g/mol. The van der Waals surface area contributed by atoms with E-state index in [1.54, 1.807) is 0 Å². The van der Waals surface area contributed by atoms with E-state index in [9.17, 15) is 43.5 Å². The van der Waals surface area contributed by atoms with Crippen LogP contribution in [0.1, 0.15) is 201 Å². The fourth-order valence-electron chi connectivity index (χ4n) is 7.12. The van der Waals surface area contributed by atoms with Crippen LogP contribution in [0.3, 0.4) is 0 Å². The van der Waals surface area contributed by atoms with Crippen LogP contribution in [-0.2, 0) is 55.8 Å². The molecular weight excluding hydrogens is 1070 g/mol. The molecule has 462 valence electrons. The number of rotatable bonds is 55. The maximum Gasteiger partial charge on any atom is 0.472 e. The highest BCUT2D eigenvalue weighted by Gasteiger charge is 2.29. The molecule has 0 saturated carbocycles. The second-order valence-electron chi connectivity index (χ2n) is 19.4. The van der Waals surface area contributed by atoms with Gasteiger partial charge < -0.3 is 34.2 Å². The van der Waals surface area contributed by atoms with Crippen molar-refractivity contribution < 1.29 is 75.8 Å². The Morgan fingerprint density at radius 1 is 0.358 bits per heavy atom. The zero-order valence-electron chi connectivity index (χ0n) is 49.4. The summed E-state index contributed by atoms with van der Waals surface area (Å²) in [5.74, 6) is -1.70. The Bertz CT molecular complexity index is 1970. The van der Waals surface area contributed by atoms with Crippen LogP contribution in [0.2, 0.25) is 0 Å². The minimum atomic E-state index is -4.93. The minimum absolute atomic E-state index is 0.0568. The van der Waals surface area contributed by atoms with Crippen molar-refractivity contribution in [1.82, 2.24) is 0 Å². The molecule has 0 rings (SSSR count). The molecule has 0 heterocycles. The van der Waals surface area contributed by atoms with E-state index in [0.717, 1.165) is 122 Å². The van der Waals surface area contributed by atoms with Gasteiger partial charge in [0.1, 0.15) is 25.4 Å². The molecule has 0 aliphatic rings. The first-order valence-electron chi connectivity index (χ1n) is 29.8. The average molecular weight is 1180 g/mol. The summed E-state index contributed by atoms with van der Waals surface area (Å²) in [6, 6.07) is 0. The van der Waals surface area contributed by atoms with Gasteiger partial charge in [-0.2, -0.15) is 0 Å². The molecule has 0 aliphatic carbocycles. The fourth-order valence-corrected chi connectivity index (χ4v) is 8.70. The fraction of sp³-hybridized carbons (Fsp3) is 0.635. The first-order chi connectivity index (χ1) is 39.2. The Labute approximate surface area is 487 Å². The van der Waals surface area contributed by atoms with Crippen LogP contribution in [0.5, 0.6) is 0 Å². The van der Waals surface area contributed by atoms with E-state index in [1.165, 1.54) is 12.8 Å². The van der Waals surface area contributed by atoms with Crippen LogP contribution >= 0.6 is 15.6 Å². The molecular formula is C63H104O16P2. The first-order valence-corrected chi connectivity index (χ1v) is 32.8. The van der Waals surface area contributed by atoms with E-state index in [2.05, 4.69) is 124 Å². The number of unbranched alkanes of at least 4 members (excludes halogenated alkanes) is 12. The number of phosphoric ester groups is 2. The lowest BCUT2D eigenvalue weighted by Crippen LogP contribution is -2.30. The summed E-state index contributed by atoms with van der Waals surface area (Å²) in [5, 5.41) is 20.4. The van der Waals surface area contributed by atoms with Crippen molar-refractivity contribution in [3.63, 3.8) is 0 Å². The molecule has 16 nitrogen and oxygen atoms in total. The number of carbonyl (C=O) groups excluding carboxylic acids is 3. The maximum absolute atomic E-state index is 12.8. The number of hydrogen-bond donors (Lipinski definition) is 4. The number of phosphoric acid groups is 2. The van der Waals surface area contributed by atoms with Gasteiger partial charge in [-0.05, 0) is 109 Å². The van der Waals surface area contributed by atoms with E-state index < -0.39 is 91.5 Å². The molecule has 81 heavy (non-hydrogen) atoms. The number of esters is 3.